The van der Waals surface area contributed by atoms with Crippen LogP contribution in [0.2, 0.25) is 0 Å². The van der Waals surface area contributed by atoms with E-state index in [0.29, 0.717) is 32.2 Å². The first kappa shape index (κ1) is 15.9. The molecular formula is C13H17BrO5. The molecule has 106 valence electrons. The molecule has 0 atom stereocenters. The Morgan fingerprint density at radius 2 is 2.05 bits per heavy atom. The largest absolute Gasteiger partial charge is 0.490 e. The van der Waals surface area contributed by atoms with Gasteiger partial charge in [0.25, 0.3) is 0 Å². The molecule has 0 saturated carbocycles. The topological polar surface area (TPSA) is 65.0 Å². The number of aromatic carboxylic acids is 1. The molecule has 0 spiro atoms. The summed E-state index contributed by atoms with van der Waals surface area (Å²) in [5.74, 6) is -0.675. The van der Waals surface area contributed by atoms with Crippen LogP contribution in [0.3, 0.4) is 0 Å². The van der Waals surface area contributed by atoms with Crippen LogP contribution in [0.5, 0.6) is 5.75 Å². The molecule has 0 saturated heterocycles. The van der Waals surface area contributed by atoms with Crippen molar-refractivity contribution in [1.82, 2.24) is 0 Å². The van der Waals surface area contributed by atoms with Crippen LogP contribution in [0.25, 0.3) is 0 Å². The first-order chi connectivity index (χ1) is 9.15. The smallest absolute Gasteiger partial charge is 0.339 e. The SMILES string of the molecule is COCCCOCCOc1cc(Br)ccc1C(=O)O. The normalized spacial score (nSPS) is 10.4. The number of carboxylic acid groups (broad SMARTS) is 1. The molecule has 0 aromatic heterocycles. The predicted molar refractivity (Wildman–Crippen MR) is 73.9 cm³/mol. The average molecular weight is 333 g/mol. The van der Waals surface area contributed by atoms with Crippen LogP contribution in [0.1, 0.15) is 16.8 Å². The van der Waals surface area contributed by atoms with E-state index in [4.69, 9.17) is 19.3 Å². The lowest BCUT2D eigenvalue weighted by molar-refractivity contribution is 0.0677. The number of rotatable bonds is 9. The van der Waals surface area contributed by atoms with E-state index >= 15 is 0 Å². The van der Waals surface area contributed by atoms with Crippen LogP contribution < -0.4 is 4.74 Å². The zero-order valence-electron chi connectivity index (χ0n) is 10.7. The molecule has 0 unspecified atom stereocenters. The molecular weight excluding hydrogens is 316 g/mol. The van der Waals surface area contributed by atoms with Crippen molar-refractivity contribution in [1.29, 1.82) is 0 Å². The van der Waals surface area contributed by atoms with Gasteiger partial charge in [0.15, 0.2) is 0 Å². The van der Waals surface area contributed by atoms with Gasteiger partial charge in [0.1, 0.15) is 17.9 Å². The van der Waals surface area contributed by atoms with Crippen molar-refractivity contribution in [2.24, 2.45) is 0 Å². The van der Waals surface area contributed by atoms with Gasteiger partial charge in [-0.05, 0) is 24.6 Å². The molecule has 0 radical (unpaired) electrons. The van der Waals surface area contributed by atoms with Crippen LogP contribution in [0.15, 0.2) is 22.7 Å². The Morgan fingerprint density at radius 3 is 2.74 bits per heavy atom. The number of ether oxygens (including phenoxy) is 3. The fourth-order valence-corrected chi connectivity index (χ4v) is 1.75. The maximum absolute atomic E-state index is 11.0. The molecule has 1 rings (SSSR count). The zero-order valence-corrected chi connectivity index (χ0v) is 12.3. The van der Waals surface area contributed by atoms with Crippen molar-refractivity contribution in [3.8, 4) is 5.75 Å². The monoisotopic (exact) mass is 332 g/mol. The van der Waals surface area contributed by atoms with Crippen molar-refractivity contribution in [3.05, 3.63) is 28.2 Å². The van der Waals surface area contributed by atoms with Crippen LogP contribution in [0.4, 0.5) is 0 Å². The Kier molecular flexibility index (Phi) is 7.47. The minimum Gasteiger partial charge on any atom is -0.490 e. The Balaban J connectivity index is 2.36. The van der Waals surface area contributed by atoms with E-state index in [1.165, 1.54) is 6.07 Å². The van der Waals surface area contributed by atoms with Gasteiger partial charge in [-0.25, -0.2) is 4.79 Å². The third kappa shape index (κ3) is 6.04. The minimum atomic E-state index is -1.01. The van der Waals surface area contributed by atoms with Gasteiger partial charge in [-0.1, -0.05) is 15.9 Å². The molecule has 0 aliphatic carbocycles. The summed E-state index contributed by atoms with van der Waals surface area (Å²) in [7, 11) is 1.64. The number of hydrogen-bond donors (Lipinski definition) is 1. The lowest BCUT2D eigenvalue weighted by Gasteiger charge is -2.10. The van der Waals surface area contributed by atoms with Crippen LogP contribution >= 0.6 is 15.9 Å². The maximum atomic E-state index is 11.0. The van der Waals surface area contributed by atoms with Gasteiger partial charge in [0.2, 0.25) is 0 Å². The van der Waals surface area contributed by atoms with Gasteiger partial charge in [0, 0.05) is 24.8 Å². The maximum Gasteiger partial charge on any atom is 0.339 e. The highest BCUT2D eigenvalue weighted by molar-refractivity contribution is 9.10. The van der Waals surface area contributed by atoms with Crippen molar-refractivity contribution >= 4 is 21.9 Å². The third-order valence-electron chi connectivity index (χ3n) is 2.30. The fraction of sp³-hybridized carbons (Fsp3) is 0.462. The molecule has 0 aliphatic rings. The van der Waals surface area contributed by atoms with E-state index in [1.54, 1.807) is 19.2 Å². The Labute approximate surface area is 120 Å². The Bertz CT molecular complexity index is 408. The van der Waals surface area contributed by atoms with Crippen molar-refractivity contribution in [2.45, 2.75) is 6.42 Å². The number of carbonyl (C=O) groups is 1. The molecule has 5 nitrogen and oxygen atoms in total. The van der Waals surface area contributed by atoms with Crippen LogP contribution in [-0.4, -0.2) is 44.6 Å². The number of carboxylic acids is 1. The molecule has 1 aromatic rings. The van der Waals surface area contributed by atoms with Crippen molar-refractivity contribution < 1.29 is 24.1 Å². The summed E-state index contributed by atoms with van der Waals surface area (Å²) in [6.07, 6.45) is 0.827. The molecule has 1 N–H and O–H groups in total. The molecule has 19 heavy (non-hydrogen) atoms. The van der Waals surface area contributed by atoms with E-state index in [-0.39, 0.29) is 5.56 Å². The van der Waals surface area contributed by atoms with E-state index in [9.17, 15) is 4.79 Å². The molecule has 0 heterocycles. The van der Waals surface area contributed by atoms with Gasteiger partial charge in [-0.15, -0.1) is 0 Å². The second-order valence-electron chi connectivity index (χ2n) is 3.75. The summed E-state index contributed by atoms with van der Waals surface area (Å²) >= 11 is 3.28. The quantitative estimate of drug-likeness (QED) is 0.704. The summed E-state index contributed by atoms with van der Waals surface area (Å²) in [6, 6.07) is 4.80. The highest BCUT2D eigenvalue weighted by Gasteiger charge is 2.11. The molecule has 0 fully saturated rings. The lowest BCUT2D eigenvalue weighted by atomic mass is 10.2. The van der Waals surface area contributed by atoms with E-state index in [1.807, 2.05) is 0 Å². The van der Waals surface area contributed by atoms with Crippen molar-refractivity contribution in [2.75, 3.05) is 33.5 Å². The van der Waals surface area contributed by atoms with Crippen LogP contribution in [0, 0.1) is 0 Å². The Hall–Kier alpha value is -1.11. The lowest BCUT2D eigenvalue weighted by Crippen LogP contribution is -2.10. The van der Waals surface area contributed by atoms with E-state index in [0.717, 1.165) is 10.9 Å². The first-order valence-corrected chi connectivity index (χ1v) is 6.66. The minimum absolute atomic E-state index is 0.141. The van der Waals surface area contributed by atoms with Gasteiger partial charge in [0.05, 0.1) is 6.61 Å². The fourth-order valence-electron chi connectivity index (χ4n) is 1.41. The standard InChI is InChI=1S/C13H17BrO5/c1-17-5-2-6-18-7-8-19-12-9-10(14)3-4-11(12)13(15)16/h3-4,9H,2,5-8H2,1H3,(H,15,16). The second-order valence-corrected chi connectivity index (χ2v) is 4.67. The molecule has 0 aliphatic heterocycles. The molecule has 0 bridgehead atoms. The third-order valence-corrected chi connectivity index (χ3v) is 2.79. The summed E-state index contributed by atoms with van der Waals surface area (Å²) in [4.78, 5) is 11.0. The summed E-state index contributed by atoms with van der Waals surface area (Å²) in [6.45, 7) is 1.98. The first-order valence-electron chi connectivity index (χ1n) is 5.87. The molecule has 1 aromatic carbocycles. The predicted octanol–water partition coefficient (Wildman–Crippen LogP) is 2.58. The molecule has 0 amide bonds. The van der Waals surface area contributed by atoms with Gasteiger partial charge in [-0.2, -0.15) is 0 Å². The average Bonchev–Trinajstić information content (AvgIpc) is 2.37. The molecule has 6 heteroatoms. The number of methoxy groups -OCH3 is 1. The number of hydrogen-bond acceptors (Lipinski definition) is 4. The van der Waals surface area contributed by atoms with E-state index in [2.05, 4.69) is 15.9 Å². The highest BCUT2D eigenvalue weighted by Crippen LogP contribution is 2.23. The summed E-state index contributed by atoms with van der Waals surface area (Å²) in [5, 5.41) is 9.02. The number of benzene rings is 1. The Morgan fingerprint density at radius 1 is 1.26 bits per heavy atom. The van der Waals surface area contributed by atoms with Crippen LogP contribution in [-0.2, 0) is 9.47 Å². The van der Waals surface area contributed by atoms with E-state index < -0.39 is 5.97 Å². The van der Waals surface area contributed by atoms with Crippen molar-refractivity contribution in [3.63, 3.8) is 0 Å². The van der Waals surface area contributed by atoms with Gasteiger partial charge in [-0.3, -0.25) is 0 Å². The summed E-state index contributed by atoms with van der Waals surface area (Å²) in [5.41, 5.74) is 0.141. The van der Waals surface area contributed by atoms with Gasteiger partial charge >= 0.3 is 5.97 Å². The van der Waals surface area contributed by atoms with Gasteiger partial charge < -0.3 is 19.3 Å². The zero-order chi connectivity index (χ0) is 14.1. The highest BCUT2D eigenvalue weighted by atomic mass is 79.9. The number of halogens is 1. The second kappa shape index (κ2) is 8.90. The summed E-state index contributed by atoms with van der Waals surface area (Å²) < 4.78 is 16.4.